The first-order valence-electron chi connectivity index (χ1n) is 7.97. The first-order chi connectivity index (χ1) is 11.9. The summed E-state index contributed by atoms with van der Waals surface area (Å²) in [7, 11) is 0. The summed E-state index contributed by atoms with van der Waals surface area (Å²) in [6, 6.07) is 1.53. The van der Waals surface area contributed by atoms with Crippen LogP contribution in [0.5, 0.6) is 0 Å². The van der Waals surface area contributed by atoms with Crippen molar-refractivity contribution < 1.29 is 13.2 Å². The topological polar surface area (TPSA) is 3.24 Å². The number of nitrogens with zero attached hydrogens (tertiary/aromatic N) is 1. The first-order valence-corrected chi connectivity index (χ1v) is 7.97. The van der Waals surface area contributed by atoms with Crippen LogP contribution in [-0.2, 0) is 0 Å². The van der Waals surface area contributed by atoms with Gasteiger partial charge in [0.05, 0.1) is 0 Å². The highest BCUT2D eigenvalue weighted by Crippen LogP contribution is 2.38. The minimum absolute atomic E-state index is 0.0916. The third-order valence-electron chi connectivity index (χ3n) is 4.35. The second-order valence-electron chi connectivity index (χ2n) is 6.18. The quantitative estimate of drug-likeness (QED) is 0.622. The normalized spacial score (nSPS) is 20.2. The van der Waals surface area contributed by atoms with Crippen molar-refractivity contribution >= 4 is 5.57 Å². The lowest BCUT2D eigenvalue weighted by atomic mass is 9.83. The Labute approximate surface area is 145 Å². The lowest BCUT2D eigenvalue weighted by molar-refractivity contribution is 0.493. The molecule has 4 heteroatoms. The van der Waals surface area contributed by atoms with Crippen LogP contribution in [0.25, 0.3) is 5.57 Å². The van der Waals surface area contributed by atoms with E-state index in [1.165, 1.54) is 0 Å². The van der Waals surface area contributed by atoms with Crippen molar-refractivity contribution in [3.05, 3.63) is 102 Å². The van der Waals surface area contributed by atoms with Gasteiger partial charge in [-0.05, 0) is 41.2 Å². The summed E-state index contributed by atoms with van der Waals surface area (Å²) in [5, 5.41) is 0. The van der Waals surface area contributed by atoms with E-state index in [2.05, 4.69) is 13.2 Å². The molecule has 0 aromatic heterocycles. The maximum Gasteiger partial charge on any atom is 0.161 e. The molecule has 1 heterocycles. The molecule has 1 aliphatic heterocycles. The third-order valence-corrected chi connectivity index (χ3v) is 4.35. The van der Waals surface area contributed by atoms with Gasteiger partial charge in [0.1, 0.15) is 5.82 Å². The fourth-order valence-electron chi connectivity index (χ4n) is 3.02. The molecule has 25 heavy (non-hydrogen) atoms. The number of hydrogen-bond acceptors (Lipinski definition) is 1. The van der Waals surface area contributed by atoms with E-state index in [9.17, 15) is 13.2 Å². The SMILES string of the molecule is C=CN1C=C(C2=C(c3cc(F)c(F)cc3F)CC(C)C=C2)C=CC1=C. The van der Waals surface area contributed by atoms with Gasteiger partial charge in [0.25, 0.3) is 0 Å². The predicted octanol–water partition coefficient (Wildman–Crippen LogP) is 5.87. The Morgan fingerprint density at radius 3 is 2.52 bits per heavy atom. The average Bonchev–Trinajstić information content (AvgIpc) is 2.59. The lowest BCUT2D eigenvalue weighted by Gasteiger charge is -2.26. The van der Waals surface area contributed by atoms with Gasteiger partial charge in [-0.2, -0.15) is 0 Å². The lowest BCUT2D eigenvalue weighted by Crippen LogP contribution is -2.13. The van der Waals surface area contributed by atoms with E-state index in [-0.39, 0.29) is 11.5 Å². The highest BCUT2D eigenvalue weighted by atomic mass is 19.2. The molecule has 128 valence electrons. The molecule has 1 aliphatic carbocycles. The van der Waals surface area contributed by atoms with Crippen LogP contribution in [-0.4, -0.2) is 4.90 Å². The van der Waals surface area contributed by atoms with Gasteiger partial charge in [-0.25, -0.2) is 13.2 Å². The zero-order chi connectivity index (χ0) is 18.1. The van der Waals surface area contributed by atoms with Crippen molar-refractivity contribution in [3.8, 4) is 0 Å². The van der Waals surface area contributed by atoms with Gasteiger partial charge in [0.2, 0.25) is 0 Å². The van der Waals surface area contributed by atoms with Gasteiger partial charge in [-0.3, -0.25) is 0 Å². The monoisotopic (exact) mass is 341 g/mol. The summed E-state index contributed by atoms with van der Waals surface area (Å²) in [6.45, 7) is 9.64. The molecule has 1 aromatic carbocycles. The molecule has 0 radical (unpaired) electrons. The minimum atomic E-state index is -1.19. The highest BCUT2D eigenvalue weighted by Gasteiger charge is 2.22. The fourth-order valence-corrected chi connectivity index (χ4v) is 3.02. The van der Waals surface area contributed by atoms with Crippen LogP contribution in [0, 0.1) is 23.4 Å². The number of allylic oxidation sites excluding steroid dienone is 7. The van der Waals surface area contributed by atoms with Crippen molar-refractivity contribution in [3.63, 3.8) is 0 Å². The summed E-state index contributed by atoms with van der Waals surface area (Å²) >= 11 is 0. The summed E-state index contributed by atoms with van der Waals surface area (Å²) < 4.78 is 41.3. The van der Waals surface area contributed by atoms with Crippen LogP contribution in [0.3, 0.4) is 0 Å². The molecule has 0 saturated heterocycles. The molecule has 0 N–H and O–H groups in total. The van der Waals surface area contributed by atoms with Gasteiger partial charge >= 0.3 is 0 Å². The van der Waals surface area contributed by atoms with Gasteiger partial charge in [-0.15, -0.1) is 0 Å². The molecule has 1 unspecified atom stereocenters. The molecule has 1 aromatic rings. The molecule has 3 rings (SSSR count). The van der Waals surface area contributed by atoms with Crippen LogP contribution >= 0.6 is 0 Å². The molecule has 1 nitrogen and oxygen atoms in total. The van der Waals surface area contributed by atoms with Crippen LogP contribution in [0.15, 0.2) is 78.8 Å². The summed E-state index contributed by atoms with van der Waals surface area (Å²) in [4.78, 5) is 1.76. The number of rotatable bonds is 3. The Hall–Kier alpha value is -2.75. The summed E-state index contributed by atoms with van der Waals surface area (Å²) in [5.41, 5.74) is 3.11. The van der Waals surface area contributed by atoms with Crippen molar-refractivity contribution in [1.29, 1.82) is 0 Å². The Kier molecular flexibility index (Phi) is 4.53. The minimum Gasteiger partial charge on any atom is -0.324 e. The van der Waals surface area contributed by atoms with E-state index in [0.717, 1.165) is 22.9 Å². The van der Waals surface area contributed by atoms with Crippen LogP contribution in [0.4, 0.5) is 13.2 Å². The van der Waals surface area contributed by atoms with Crippen LogP contribution < -0.4 is 0 Å². The Morgan fingerprint density at radius 2 is 1.80 bits per heavy atom. The molecule has 1 atom stereocenters. The maximum atomic E-state index is 14.3. The summed E-state index contributed by atoms with van der Waals surface area (Å²) in [6.07, 6.45) is 11.6. The standard InChI is InChI=1S/C21H18F3N/c1-4-25-12-15(7-6-14(25)3)16-8-5-13(2)9-17(16)18-10-20(23)21(24)11-19(18)22/h4-8,10-13H,1,3,9H2,2H3. The zero-order valence-corrected chi connectivity index (χ0v) is 13.9. The molecule has 0 spiro atoms. The van der Waals surface area contributed by atoms with Crippen molar-refractivity contribution in [2.45, 2.75) is 13.3 Å². The second-order valence-corrected chi connectivity index (χ2v) is 6.18. The molecule has 0 amide bonds. The van der Waals surface area contributed by atoms with Crippen molar-refractivity contribution in [1.82, 2.24) is 4.90 Å². The largest absolute Gasteiger partial charge is 0.324 e. The smallest absolute Gasteiger partial charge is 0.161 e. The van der Waals surface area contributed by atoms with Gasteiger partial charge in [-0.1, -0.05) is 38.3 Å². The van der Waals surface area contributed by atoms with Crippen LogP contribution in [0.1, 0.15) is 18.9 Å². The second kappa shape index (κ2) is 6.63. The third kappa shape index (κ3) is 3.25. The number of hydrogen-bond donors (Lipinski definition) is 0. The maximum absolute atomic E-state index is 14.3. The van der Waals surface area contributed by atoms with E-state index in [0.29, 0.717) is 18.1 Å². The van der Waals surface area contributed by atoms with E-state index in [4.69, 9.17) is 0 Å². The van der Waals surface area contributed by atoms with Gasteiger partial charge in [0.15, 0.2) is 11.6 Å². The van der Waals surface area contributed by atoms with E-state index in [1.54, 1.807) is 11.1 Å². The average molecular weight is 341 g/mol. The zero-order valence-electron chi connectivity index (χ0n) is 13.9. The molecule has 0 fully saturated rings. The van der Waals surface area contributed by atoms with E-state index >= 15 is 0 Å². The Balaban J connectivity index is 2.18. The van der Waals surface area contributed by atoms with Crippen molar-refractivity contribution in [2.75, 3.05) is 0 Å². The van der Waals surface area contributed by atoms with Gasteiger partial charge < -0.3 is 4.90 Å². The van der Waals surface area contributed by atoms with E-state index < -0.39 is 17.5 Å². The predicted molar refractivity (Wildman–Crippen MR) is 94.6 cm³/mol. The Morgan fingerprint density at radius 1 is 1.08 bits per heavy atom. The van der Waals surface area contributed by atoms with Crippen molar-refractivity contribution in [2.24, 2.45) is 5.92 Å². The molecule has 2 aliphatic rings. The van der Waals surface area contributed by atoms with Gasteiger partial charge in [0, 0.05) is 29.7 Å². The highest BCUT2D eigenvalue weighted by molar-refractivity contribution is 5.78. The number of halogens is 3. The molecule has 0 saturated carbocycles. The van der Waals surface area contributed by atoms with E-state index in [1.807, 2.05) is 37.4 Å². The number of benzene rings is 1. The first kappa shape index (κ1) is 17.1. The molecule has 0 bridgehead atoms. The van der Waals surface area contributed by atoms with Crippen LogP contribution in [0.2, 0.25) is 0 Å². The fraction of sp³-hybridized carbons (Fsp3) is 0.143. The Bertz CT molecular complexity index is 871. The molecular formula is C21H18F3N. The summed E-state index contributed by atoms with van der Waals surface area (Å²) in [5.74, 6) is -2.84. The molecular weight excluding hydrogens is 323 g/mol.